The number of hydrogen-bond donors (Lipinski definition) is 0. The number of carbonyl (C=O) groups is 1. The van der Waals surface area contributed by atoms with Crippen molar-refractivity contribution in [2.75, 3.05) is 20.8 Å². The molecule has 0 bridgehead atoms. The van der Waals surface area contributed by atoms with E-state index in [0.717, 1.165) is 5.56 Å². The molecule has 1 heterocycles. The van der Waals surface area contributed by atoms with Crippen LogP contribution in [0, 0.1) is 6.92 Å². The van der Waals surface area contributed by atoms with E-state index in [0.29, 0.717) is 17.1 Å². The highest BCUT2D eigenvalue weighted by molar-refractivity contribution is 7.89. The van der Waals surface area contributed by atoms with E-state index in [2.05, 4.69) is 0 Å². The first-order chi connectivity index (χ1) is 13.8. The molecule has 0 saturated carbocycles. The van der Waals surface area contributed by atoms with Gasteiger partial charge < -0.3 is 14.2 Å². The highest BCUT2D eigenvalue weighted by Crippen LogP contribution is 2.31. The third-order valence-corrected chi connectivity index (χ3v) is 6.93. The van der Waals surface area contributed by atoms with Crippen molar-refractivity contribution < 1.29 is 27.4 Å². The number of carbonyl (C=O) groups excluding carboxylic acids is 1. The van der Waals surface area contributed by atoms with Gasteiger partial charge in [-0.25, -0.2) is 8.42 Å². The van der Waals surface area contributed by atoms with Gasteiger partial charge in [-0.3, -0.25) is 4.79 Å². The van der Waals surface area contributed by atoms with Gasteiger partial charge in [0.1, 0.15) is 6.23 Å². The molecule has 0 radical (unpaired) electrons. The number of methoxy groups -OCH3 is 2. The maximum absolute atomic E-state index is 13.2. The maximum Gasteiger partial charge on any atom is 0.245 e. The number of aryl methyl sites for hydroxylation is 1. The monoisotopic (exact) mass is 419 g/mol. The molecule has 0 unspecified atom stereocenters. The number of ether oxygens (including phenoxy) is 3. The first kappa shape index (κ1) is 21.3. The average Bonchev–Trinajstić information content (AvgIpc) is 3.08. The molecule has 0 N–H and O–H groups in total. The fourth-order valence-corrected chi connectivity index (χ4v) is 5.04. The topological polar surface area (TPSA) is 82.1 Å². The molecule has 2 aromatic rings. The zero-order chi connectivity index (χ0) is 21.2. The van der Waals surface area contributed by atoms with Crippen molar-refractivity contribution in [2.24, 2.45) is 0 Å². The van der Waals surface area contributed by atoms with Gasteiger partial charge in [0.2, 0.25) is 10.0 Å². The highest BCUT2D eigenvalue weighted by atomic mass is 32.2. The van der Waals surface area contributed by atoms with Crippen LogP contribution < -0.4 is 9.47 Å². The summed E-state index contributed by atoms with van der Waals surface area (Å²) in [4.78, 5) is 13.0. The molecule has 8 heteroatoms. The van der Waals surface area contributed by atoms with Crippen molar-refractivity contribution in [1.29, 1.82) is 0 Å². The quantitative estimate of drug-likeness (QED) is 0.642. The number of sulfonamides is 1. The third-order valence-electron chi connectivity index (χ3n) is 4.91. The van der Waals surface area contributed by atoms with Gasteiger partial charge in [-0.15, -0.1) is 0 Å². The number of benzene rings is 2. The molecule has 0 aromatic heterocycles. The van der Waals surface area contributed by atoms with Crippen molar-refractivity contribution in [3.8, 4) is 11.5 Å². The third kappa shape index (κ3) is 4.29. The minimum atomic E-state index is -3.79. The number of nitrogens with zero attached hydrogens (tertiary/aromatic N) is 1. The average molecular weight is 419 g/mol. The lowest BCUT2D eigenvalue weighted by Crippen LogP contribution is -2.41. The SMILES string of the molecule is COc1ccc(C(=O)C[C@@H]2OC[C@H](C)N2S(=O)(=O)c2ccc(C)cc2)cc1OC. The van der Waals surface area contributed by atoms with Crippen LogP contribution in [0.4, 0.5) is 0 Å². The molecule has 156 valence electrons. The maximum atomic E-state index is 13.2. The van der Waals surface area contributed by atoms with E-state index in [9.17, 15) is 13.2 Å². The Kier molecular flexibility index (Phi) is 6.26. The molecule has 0 spiro atoms. The summed E-state index contributed by atoms with van der Waals surface area (Å²) in [5, 5.41) is 0. The van der Waals surface area contributed by atoms with E-state index in [1.165, 1.54) is 18.5 Å². The van der Waals surface area contributed by atoms with Crippen LogP contribution in [0.5, 0.6) is 11.5 Å². The van der Waals surface area contributed by atoms with Crippen molar-refractivity contribution in [3.63, 3.8) is 0 Å². The molecule has 2 aromatic carbocycles. The molecular weight excluding hydrogens is 394 g/mol. The zero-order valence-corrected chi connectivity index (χ0v) is 17.7. The number of ketones is 1. The Morgan fingerprint density at radius 3 is 2.38 bits per heavy atom. The van der Waals surface area contributed by atoms with E-state index in [4.69, 9.17) is 14.2 Å². The Balaban J connectivity index is 1.84. The summed E-state index contributed by atoms with van der Waals surface area (Å²) in [6, 6.07) is 11.1. The van der Waals surface area contributed by atoms with E-state index in [1.54, 1.807) is 49.4 Å². The molecule has 1 fully saturated rings. The van der Waals surface area contributed by atoms with Crippen LogP contribution in [-0.4, -0.2) is 51.6 Å². The molecule has 1 saturated heterocycles. The van der Waals surface area contributed by atoms with Gasteiger partial charge in [0.25, 0.3) is 0 Å². The fourth-order valence-electron chi connectivity index (χ4n) is 3.34. The molecule has 7 nitrogen and oxygen atoms in total. The van der Waals surface area contributed by atoms with Crippen LogP contribution in [-0.2, 0) is 14.8 Å². The number of hydrogen-bond acceptors (Lipinski definition) is 6. The van der Waals surface area contributed by atoms with Crippen LogP contribution in [0.2, 0.25) is 0 Å². The molecule has 3 rings (SSSR count). The molecule has 0 amide bonds. The van der Waals surface area contributed by atoms with Gasteiger partial charge >= 0.3 is 0 Å². The van der Waals surface area contributed by atoms with Gasteiger partial charge in [-0.2, -0.15) is 4.31 Å². The minimum absolute atomic E-state index is 0.0923. The number of rotatable bonds is 7. The normalized spacial score (nSPS) is 19.9. The van der Waals surface area contributed by atoms with Crippen LogP contribution in [0.25, 0.3) is 0 Å². The van der Waals surface area contributed by atoms with Crippen molar-refractivity contribution in [3.05, 3.63) is 53.6 Å². The minimum Gasteiger partial charge on any atom is -0.493 e. The standard InChI is InChI=1S/C21H25NO6S/c1-14-5-8-17(9-6-14)29(24,25)22-15(2)13-28-21(22)12-18(23)16-7-10-19(26-3)20(11-16)27-4/h5-11,15,21H,12-13H2,1-4H3/t15-,21-/m0/s1. The second-order valence-electron chi connectivity index (χ2n) is 6.98. The van der Waals surface area contributed by atoms with Crippen molar-refractivity contribution >= 4 is 15.8 Å². The predicted octanol–water partition coefficient (Wildman–Crippen LogP) is 3.02. The van der Waals surface area contributed by atoms with E-state index >= 15 is 0 Å². The molecule has 1 aliphatic rings. The first-order valence-corrected chi connectivity index (χ1v) is 10.7. The van der Waals surface area contributed by atoms with E-state index < -0.39 is 16.3 Å². The predicted molar refractivity (Wildman–Crippen MR) is 108 cm³/mol. The largest absolute Gasteiger partial charge is 0.493 e. The van der Waals surface area contributed by atoms with Gasteiger partial charge in [-0.1, -0.05) is 17.7 Å². The van der Waals surface area contributed by atoms with Crippen LogP contribution in [0.3, 0.4) is 0 Å². The van der Waals surface area contributed by atoms with Gasteiger partial charge in [0.15, 0.2) is 17.3 Å². The smallest absolute Gasteiger partial charge is 0.245 e. The van der Waals surface area contributed by atoms with Crippen molar-refractivity contribution in [1.82, 2.24) is 4.31 Å². The zero-order valence-electron chi connectivity index (χ0n) is 16.9. The molecule has 2 atom stereocenters. The lowest BCUT2D eigenvalue weighted by molar-refractivity contribution is 0.0538. The van der Waals surface area contributed by atoms with Crippen LogP contribution in [0.1, 0.15) is 29.3 Å². The fraction of sp³-hybridized carbons (Fsp3) is 0.381. The molecule has 29 heavy (non-hydrogen) atoms. The lowest BCUT2D eigenvalue weighted by Gasteiger charge is -2.25. The van der Waals surface area contributed by atoms with E-state index in [1.807, 2.05) is 6.92 Å². The molecule has 0 aliphatic carbocycles. The second-order valence-corrected chi connectivity index (χ2v) is 8.83. The summed E-state index contributed by atoms with van der Waals surface area (Å²) < 4.78 is 43.7. The number of Topliss-reactive ketones (excluding diaryl/α,β-unsaturated/α-hetero) is 1. The van der Waals surface area contributed by atoms with Crippen molar-refractivity contribution in [2.45, 2.75) is 37.4 Å². The van der Waals surface area contributed by atoms with Crippen LogP contribution in [0.15, 0.2) is 47.4 Å². The van der Waals surface area contributed by atoms with Gasteiger partial charge in [0, 0.05) is 11.6 Å². The first-order valence-electron chi connectivity index (χ1n) is 9.25. The summed E-state index contributed by atoms with van der Waals surface area (Å²) in [7, 11) is -0.789. The molecular formula is C21H25NO6S. The summed E-state index contributed by atoms with van der Waals surface area (Å²) in [5.74, 6) is 0.704. The summed E-state index contributed by atoms with van der Waals surface area (Å²) in [6.45, 7) is 3.89. The van der Waals surface area contributed by atoms with Crippen LogP contribution >= 0.6 is 0 Å². The highest BCUT2D eigenvalue weighted by Gasteiger charge is 2.42. The second kappa shape index (κ2) is 8.52. The molecule has 1 aliphatic heterocycles. The van der Waals surface area contributed by atoms with E-state index in [-0.39, 0.29) is 29.7 Å². The Morgan fingerprint density at radius 2 is 1.76 bits per heavy atom. The summed E-state index contributed by atoms with van der Waals surface area (Å²) >= 11 is 0. The Morgan fingerprint density at radius 1 is 1.10 bits per heavy atom. The van der Waals surface area contributed by atoms with Gasteiger partial charge in [0.05, 0.1) is 32.1 Å². The summed E-state index contributed by atoms with van der Waals surface area (Å²) in [5.41, 5.74) is 1.37. The lowest BCUT2D eigenvalue weighted by atomic mass is 10.1. The Labute approximate surface area is 171 Å². The summed E-state index contributed by atoms with van der Waals surface area (Å²) in [6.07, 6.45) is -0.956. The Bertz CT molecular complexity index is 987. The Hall–Kier alpha value is -2.42. The van der Waals surface area contributed by atoms with Gasteiger partial charge in [-0.05, 0) is 44.2 Å².